The molecule has 5 rings (SSSR count). The average molecular weight is 657 g/mol. The first-order valence-corrected chi connectivity index (χ1v) is 21.4. The van der Waals surface area contributed by atoms with Crippen LogP contribution in [0.1, 0.15) is 149 Å². The molecule has 48 heavy (non-hydrogen) atoms. The summed E-state index contributed by atoms with van der Waals surface area (Å²) >= 11 is 0. The average Bonchev–Trinajstić information content (AvgIpc) is 3.14. The van der Waals surface area contributed by atoms with Crippen LogP contribution in [-0.2, 0) is 0 Å². The standard InChI is InChI=1S/C46H76N2/c1-4-6-18-36(17-5-2)28-30-38(33-47)44-32-31-41(45-25-15-16-26-46(44)45)35(3)27-29-39(34-48-40-21-11-8-12-22-40)43-24-14-13-23-42(43)37-19-9-7-10-20-37/h5,7,9-10,14,17,19,21,24,35-39,41-46,48H,4,6,8,11-13,15-16,18,20,22-23,25-34,47H2,1-3H3/b17-5-. The van der Waals surface area contributed by atoms with Crippen LogP contribution in [0.3, 0.4) is 0 Å². The van der Waals surface area contributed by atoms with Crippen molar-refractivity contribution in [2.24, 2.45) is 70.8 Å². The lowest BCUT2D eigenvalue weighted by molar-refractivity contribution is -0.00435. The Hall–Kier alpha value is -1.54. The molecule has 2 heteroatoms. The van der Waals surface area contributed by atoms with E-state index < -0.39 is 0 Å². The third-order valence-corrected chi connectivity index (χ3v) is 14.3. The number of rotatable bonds is 18. The van der Waals surface area contributed by atoms with Gasteiger partial charge in [0.15, 0.2) is 0 Å². The fourth-order valence-electron chi connectivity index (χ4n) is 11.5. The van der Waals surface area contributed by atoms with E-state index in [1.165, 1.54) is 141 Å². The molecule has 0 saturated heterocycles. The van der Waals surface area contributed by atoms with Gasteiger partial charge in [-0.2, -0.15) is 0 Å². The molecule has 3 N–H and O–H groups in total. The van der Waals surface area contributed by atoms with Crippen molar-refractivity contribution in [3.05, 3.63) is 60.4 Å². The molecule has 11 atom stereocenters. The normalized spacial score (nSPS) is 33.2. The maximum absolute atomic E-state index is 6.64. The summed E-state index contributed by atoms with van der Waals surface area (Å²) in [5, 5.41) is 4.03. The SMILES string of the molecule is C/C=C\C(CCCC)CCC(CN)C1CCC(C(C)CCC(CNC2=CCCCC2)C2C=CCCC2C2C=CC=CC2)C2CCCCC12. The summed E-state index contributed by atoms with van der Waals surface area (Å²) < 4.78 is 0. The van der Waals surface area contributed by atoms with Gasteiger partial charge < -0.3 is 11.1 Å². The first kappa shape index (κ1) is 37.7. The topological polar surface area (TPSA) is 38.0 Å². The number of nitrogens with two attached hydrogens (primary N) is 1. The second-order valence-corrected chi connectivity index (χ2v) is 17.1. The van der Waals surface area contributed by atoms with Gasteiger partial charge in [-0.3, -0.25) is 0 Å². The molecule has 0 aromatic heterocycles. The van der Waals surface area contributed by atoms with Crippen LogP contribution in [-0.4, -0.2) is 13.1 Å². The molecule has 0 heterocycles. The Morgan fingerprint density at radius 3 is 2.35 bits per heavy atom. The van der Waals surface area contributed by atoms with Gasteiger partial charge in [0, 0.05) is 12.2 Å². The van der Waals surface area contributed by atoms with Gasteiger partial charge in [0.05, 0.1) is 0 Å². The Balaban J connectivity index is 1.23. The van der Waals surface area contributed by atoms with E-state index in [2.05, 4.69) is 80.8 Å². The molecule has 5 aliphatic rings. The summed E-state index contributed by atoms with van der Waals surface area (Å²) in [5.74, 6) is 8.91. The van der Waals surface area contributed by atoms with E-state index in [4.69, 9.17) is 5.73 Å². The van der Waals surface area contributed by atoms with E-state index in [9.17, 15) is 0 Å². The zero-order valence-corrected chi connectivity index (χ0v) is 31.7. The van der Waals surface area contributed by atoms with Crippen LogP contribution in [0, 0.1) is 65.1 Å². The number of unbranched alkanes of at least 4 members (excludes halogenated alkanes) is 1. The Labute approximate surface area is 298 Å². The van der Waals surface area contributed by atoms with Crippen molar-refractivity contribution in [1.29, 1.82) is 0 Å². The molecule has 2 fully saturated rings. The lowest BCUT2D eigenvalue weighted by Crippen LogP contribution is -2.43. The van der Waals surface area contributed by atoms with Gasteiger partial charge in [-0.15, -0.1) is 0 Å². The van der Waals surface area contributed by atoms with Gasteiger partial charge in [-0.1, -0.05) is 101 Å². The van der Waals surface area contributed by atoms with Crippen LogP contribution in [0.4, 0.5) is 0 Å². The number of hydrogen-bond acceptors (Lipinski definition) is 2. The zero-order chi connectivity index (χ0) is 33.6. The lowest BCUT2D eigenvalue weighted by Gasteiger charge is -2.50. The van der Waals surface area contributed by atoms with Crippen molar-refractivity contribution in [3.8, 4) is 0 Å². The fourth-order valence-corrected chi connectivity index (χ4v) is 11.5. The van der Waals surface area contributed by atoms with Gasteiger partial charge in [0.1, 0.15) is 0 Å². The number of allylic oxidation sites excluding steroid dienone is 10. The van der Waals surface area contributed by atoms with E-state index >= 15 is 0 Å². The van der Waals surface area contributed by atoms with E-state index in [0.29, 0.717) is 11.8 Å². The van der Waals surface area contributed by atoms with Gasteiger partial charge in [0.25, 0.3) is 0 Å². The maximum atomic E-state index is 6.64. The second-order valence-electron chi connectivity index (χ2n) is 17.1. The van der Waals surface area contributed by atoms with Crippen molar-refractivity contribution in [1.82, 2.24) is 5.32 Å². The van der Waals surface area contributed by atoms with Gasteiger partial charge >= 0.3 is 0 Å². The maximum Gasteiger partial charge on any atom is 0.0177 e. The van der Waals surface area contributed by atoms with Crippen LogP contribution >= 0.6 is 0 Å². The molecular weight excluding hydrogens is 581 g/mol. The van der Waals surface area contributed by atoms with Crippen LogP contribution in [0.5, 0.6) is 0 Å². The third-order valence-electron chi connectivity index (χ3n) is 14.3. The minimum Gasteiger partial charge on any atom is -0.388 e. The minimum atomic E-state index is 0.705. The van der Waals surface area contributed by atoms with Gasteiger partial charge in [-0.05, 0) is 175 Å². The van der Waals surface area contributed by atoms with Crippen molar-refractivity contribution in [2.75, 3.05) is 13.1 Å². The molecule has 0 amide bonds. The fraction of sp³-hybridized carbons (Fsp3) is 0.783. The lowest BCUT2D eigenvalue weighted by atomic mass is 9.55. The number of hydrogen-bond donors (Lipinski definition) is 2. The van der Waals surface area contributed by atoms with Crippen molar-refractivity contribution >= 4 is 0 Å². The Morgan fingerprint density at radius 2 is 1.62 bits per heavy atom. The van der Waals surface area contributed by atoms with Crippen molar-refractivity contribution in [3.63, 3.8) is 0 Å². The third kappa shape index (κ3) is 10.5. The number of nitrogens with one attached hydrogen (secondary N) is 1. The van der Waals surface area contributed by atoms with E-state index in [1.54, 1.807) is 0 Å². The largest absolute Gasteiger partial charge is 0.388 e. The van der Waals surface area contributed by atoms with E-state index in [-0.39, 0.29) is 0 Å². The minimum absolute atomic E-state index is 0.705. The van der Waals surface area contributed by atoms with Crippen LogP contribution in [0.2, 0.25) is 0 Å². The van der Waals surface area contributed by atoms with Crippen molar-refractivity contribution in [2.45, 2.75) is 149 Å². The molecule has 0 aromatic carbocycles. The summed E-state index contributed by atoms with van der Waals surface area (Å²) in [6.07, 6.45) is 49.4. The summed E-state index contributed by atoms with van der Waals surface area (Å²) in [6.45, 7) is 9.28. The first-order valence-electron chi connectivity index (χ1n) is 21.4. The zero-order valence-electron chi connectivity index (χ0n) is 31.7. The van der Waals surface area contributed by atoms with Gasteiger partial charge in [-0.25, -0.2) is 0 Å². The van der Waals surface area contributed by atoms with E-state index in [1.807, 2.05) is 0 Å². The predicted molar refractivity (Wildman–Crippen MR) is 209 cm³/mol. The summed E-state index contributed by atoms with van der Waals surface area (Å²) in [6, 6.07) is 0. The number of fused-ring (bicyclic) bond motifs is 1. The Bertz CT molecular complexity index is 1060. The predicted octanol–water partition coefficient (Wildman–Crippen LogP) is 12.4. The monoisotopic (exact) mass is 657 g/mol. The van der Waals surface area contributed by atoms with Crippen molar-refractivity contribution < 1.29 is 0 Å². The highest BCUT2D eigenvalue weighted by Crippen LogP contribution is 2.53. The molecular formula is C46H76N2. The van der Waals surface area contributed by atoms with Crippen LogP contribution in [0.15, 0.2) is 60.4 Å². The first-order chi connectivity index (χ1) is 23.6. The molecule has 0 bridgehead atoms. The molecule has 0 radical (unpaired) electrons. The smallest absolute Gasteiger partial charge is 0.0177 e. The highest BCUT2D eigenvalue weighted by molar-refractivity contribution is 5.15. The Morgan fingerprint density at radius 1 is 0.812 bits per heavy atom. The molecule has 270 valence electrons. The highest BCUT2D eigenvalue weighted by atomic mass is 14.9. The molecule has 11 unspecified atom stereocenters. The molecule has 2 saturated carbocycles. The van der Waals surface area contributed by atoms with Crippen LogP contribution in [0.25, 0.3) is 0 Å². The second kappa shape index (κ2) is 20.3. The quantitative estimate of drug-likeness (QED) is 0.144. The summed E-state index contributed by atoms with van der Waals surface area (Å²) in [5.41, 5.74) is 8.18. The molecule has 0 spiro atoms. The van der Waals surface area contributed by atoms with Crippen LogP contribution < -0.4 is 11.1 Å². The molecule has 0 aromatic rings. The molecule has 0 aliphatic heterocycles. The van der Waals surface area contributed by atoms with E-state index in [0.717, 1.165) is 59.8 Å². The van der Waals surface area contributed by atoms with Gasteiger partial charge in [0.2, 0.25) is 0 Å². The molecule has 5 aliphatic carbocycles. The highest BCUT2D eigenvalue weighted by Gasteiger charge is 2.44. The Kier molecular flexibility index (Phi) is 16.0. The summed E-state index contributed by atoms with van der Waals surface area (Å²) in [7, 11) is 0. The molecule has 2 nitrogen and oxygen atoms in total. The summed E-state index contributed by atoms with van der Waals surface area (Å²) in [4.78, 5) is 0.